The van der Waals surface area contributed by atoms with Crippen LogP contribution in [0.2, 0.25) is 5.02 Å². The number of carbonyl (C=O) groups excluding carboxylic acids is 1. The van der Waals surface area contributed by atoms with Crippen LogP contribution in [0.1, 0.15) is 10.5 Å². The molecule has 0 spiro atoms. The number of aromatic amines is 1. The Bertz CT molecular complexity index is 1040. The van der Waals surface area contributed by atoms with Crippen molar-refractivity contribution in [3.05, 3.63) is 65.3 Å². The van der Waals surface area contributed by atoms with Crippen LogP contribution >= 0.6 is 11.6 Å². The lowest BCUT2D eigenvalue weighted by atomic mass is 10.2. The largest absolute Gasteiger partial charge is 0.351 e. The molecule has 1 aromatic heterocycles. The molecule has 0 saturated carbocycles. The van der Waals surface area contributed by atoms with Crippen molar-refractivity contribution in [3.63, 3.8) is 0 Å². The quantitative estimate of drug-likeness (QED) is 0.415. The zero-order valence-electron chi connectivity index (χ0n) is 12.7. The predicted molar refractivity (Wildman–Crippen MR) is 95.3 cm³/mol. The number of hydrogen-bond acceptors (Lipinski definition) is 4. The minimum Gasteiger partial charge on any atom is -0.351 e. The Hall–Kier alpha value is -2.84. The van der Waals surface area contributed by atoms with Crippen LogP contribution in [0.5, 0.6) is 0 Å². The third-order valence-electron chi connectivity index (χ3n) is 3.36. The summed E-state index contributed by atoms with van der Waals surface area (Å²) >= 11 is 5.77. The number of hydrogen-bond donors (Lipinski definition) is 4. The van der Waals surface area contributed by atoms with Crippen molar-refractivity contribution in [2.24, 2.45) is 0 Å². The van der Waals surface area contributed by atoms with Crippen LogP contribution in [0.4, 0.5) is 0 Å². The summed E-state index contributed by atoms with van der Waals surface area (Å²) in [5.74, 6) is -1.29. The van der Waals surface area contributed by atoms with Crippen LogP contribution in [0.15, 0.2) is 59.5 Å². The first-order chi connectivity index (χ1) is 11.8. The molecule has 1 heterocycles. The fraction of sp³-hybridized carbons (Fsp3) is 0. The van der Waals surface area contributed by atoms with E-state index < -0.39 is 21.9 Å². The Morgan fingerprint density at radius 2 is 1.84 bits per heavy atom. The van der Waals surface area contributed by atoms with E-state index in [0.717, 1.165) is 10.9 Å². The van der Waals surface area contributed by atoms with E-state index in [0.29, 0.717) is 0 Å². The lowest BCUT2D eigenvalue weighted by Gasteiger charge is -2.10. The zero-order valence-corrected chi connectivity index (χ0v) is 14.3. The molecule has 7 nitrogen and oxygen atoms in total. The molecule has 25 heavy (non-hydrogen) atoms. The van der Waals surface area contributed by atoms with Crippen LogP contribution in [-0.2, 0) is 10.0 Å². The lowest BCUT2D eigenvalue weighted by Crippen LogP contribution is -2.43. The highest BCUT2D eigenvalue weighted by Crippen LogP contribution is 2.16. The molecule has 0 aliphatic carbocycles. The van der Waals surface area contributed by atoms with Crippen molar-refractivity contribution < 1.29 is 13.2 Å². The van der Waals surface area contributed by atoms with Gasteiger partial charge in [-0.1, -0.05) is 35.9 Å². The number of aromatic nitrogens is 1. The van der Waals surface area contributed by atoms with Crippen LogP contribution in [-0.4, -0.2) is 25.3 Å². The number of fused-ring (bicyclic) bond motifs is 1. The SMILES string of the molecule is N=C(NC(=O)c1cc2ccccc2[nH]1)NS(=O)(=O)c1cccc(Cl)c1. The van der Waals surface area contributed by atoms with E-state index in [1.54, 1.807) is 12.1 Å². The van der Waals surface area contributed by atoms with Gasteiger partial charge in [0.2, 0.25) is 5.96 Å². The fourth-order valence-corrected chi connectivity index (χ4v) is 3.46. The van der Waals surface area contributed by atoms with Gasteiger partial charge in [-0.15, -0.1) is 0 Å². The predicted octanol–water partition coefficient (Wildman–Crippen LogP) is 2.46. The minimum absolute atomic E-state index is 0.107. The molecule has 0 aliphatic rings. The van der Waals surface area contributed by atoms with E-state index in [2.05, 4.69) is 10.3 Å². The third-order valence-corrected chi connectivity index (χ3v) is 4.94. The summed E-state index contributed by atoms with van der Waals surface area (Å²) in [4.78, 5) is 15.0. The maximum absolute atomic E-state index is 12.2. The standard InChI is InChI=1S/C16H13ClN4O3S/c17-11-5-3-6-12(9-11)25(23,24)21-16(18)20-15(22)14-8-10-4-1-2-7-13(10)19-14/h1-9,19H,(H3,18,20,21,22). The zero-order chi connectivity index (χ0) is 18.0. The Labute approximate surface area is 148 Å². The van der Waals surface area contributed by atoms with Crippen molar-refractivity contribution >= 4 is 44.4 Å². The molecule has 3 rings (SSSR count). The second-order valence-electron chi connectivity index (χ2n) is 5.16. The maximum atomic E-state index is 12.2. The maximum Gasteiger partial charge on any atom is 0.274 e. The Morgan fingerprint density at radius 3 is 2.56 bits per heavy atom. The number of para-hydroxylation sites is 1. The van der Waals surface area contributed by atoms with Gasteiger partial charge in [-0.2, -0.15) is 0 Å². The Morgan fingerprint density at radius 1 is 1.08 bits per heavy atom. The summed E-state index contributed by atoms with van der Waals surface area (Å²) in [5.41, 5.74) is 0.978. The van der Waals surface area contributed by atoms with E-state index in [1.807, 2.05) is 22.9 Å². The van der Waals surface area contributed by atoms with Crippen LogP contribution in [0.25, 0.3) is 10.9 Å². The number of carbonyl (C=O) groups is 1. The van der Waals surface area contributed by atoms with E-state index in [9.17, 15) is 13.2 Å². The fourth-order valence-electron chi connectivity index (χ4n) is 2.23. The molecular weight excluding hydrogens is 364 g/mol. The third kappa shape index (κ3) is 3.81. The highest BCUT2D eigenvalue weighted by molar-refractivity contribution is 7.90. The normalized spacial score (nSPS) is 11.2. The molecule has 0 fully saturated rings. The van der Waals surface area contributed by atoms with Crippen molar-refractivity contribution in [1.29, 1.82) is 5.41 Å². The van der Waals surface area contributed by atoms with Crippen molar-refractivity contribution in [2.75, 3.05) is 0 Å². The van der Waals surface area contributed by atoms with Gasteiger partial charge in [-0.25, -0.2) is 13.1 Å². The first kappa shape index (κ1) is 17.0. The van der Waals surface area contributed by atoms with Gasteiger partial charge in [0.15, 0.2) is 0 Å². The van der Waals surface area contributed by atoms with Gasteiger partial charge < -0.3 is 4.98 Å². The monoisotopic (exact) mass is 376 g/mol. The molecule has 4 N–H and O–H groups in total. The second-order valence-corrected chi connectivity index (χ2v) is 7.28. The second kappa shape index (κ2) is 6.58. The summed E-state index contributed by atoms with van der Waals surface area (Å²) in [6, 6.07) is 14.5. The molecule has 0 aliphatic heterocycles. The number of guanidine groups is 1. The molecule has 0 atom stereocenters. The molecule has 9 heteroatoms. The highest BCUT2D eigenvalue weighted by Gasteiger charge is 2.18. The number of amides is 1. The molecule has 0 radical (unpaired) electrons. The number of H-pyrrole nitrogens is 1. The summed E-state index contributed by atoms with van der Waals surface area (Å²) in [6.45, 7) is 0. The molecule has 2 aromatic carbocycles. The van der Waals surface area contributed by atoms with Gasteiger partial charge in [0.25, 0.3) is 15.9 Å². The van der Waals surface area contributed by atoms with Crippen molar-refractivity contribution in [1.82, 2.24) is 15.0 Å². The molecule has 1 amide bonds. The molecule has 128 valence electrons. The highest BCUT2D eigenvalue weighted by atomic mass is 35.5. The van der Waals surface area contributed by atoms with Gasteiger partial charge in [0.05, 0.1) is 4.90 Å². The van der Waals surface area contributed by atoms with E-state index in [1.165, 1.54) is 24.3 Å². The summed E-state index contributed by atoms with van der Waals surface area (Å²) in [6.07, 6.45) is 0. The van der Waals surface area contributed by atoms with Gasteiger partial charge in [-0.3, -0.25) is 15.5 Å². The number of rotatable bonds is 3. The number of halogens is 1. The summed E-state index contributed by atoms with van der Waals surface area (Å²) < 4.78 is 26.4. The lowest BCUT2D eigenvalue weighted by molar-refractivity contribution is 0.0972. The topological polar surface area (TPSA) is 115 Å². The Kier molecular flexibility index (Phi) is 4.47. The first-order valence-corrected chi connectivity index (χ1v) is 8.97. The number of sulfonamides is 1. The van der Waals surface area contributed by atoms with Crippen molar-refractivity contribution in [3.8, 4) is 0 Å². The molecule has 0 unspecified atom stereocenters. The summed E-state index contributed by atoms with van der Waals surface area (Å²) in [7, 11) is -4.02. The van der Waals surface area contributed by atoms with E-state index >= 15 is 0 Å². The van der Waals surface area contributed by atoms with E-state index in [4.69, 9.17) is 17.0 Å². The number of benzene rings is 2. The van der Waals surface area contributed by atoms with Crippen LogP contribution in [0.3, 0.4) is 0 Å². The average molecular weight is 377 g/mol. The minimum atomic E-state index is -4.02. The van der Waals surface area contributed by atoms with Gasteiger partial charge in [-0.05, 0) is 30.3 Å². The van der Waals surface area contributed by atoms with Gasteiger partial charge in [0.1, 0.15) is 5.69 Å². The van der Waals surface area contributed by atoms with Gasteiger partial charge in [0, 0.05) is 15.9 Å². The number of nitrogens with one attached hydrogen (secondary N) is 4. The average Bonchev–Trinajstić information content (AvgIpc) is 2.98. The molecular formula is C16H13ClN4O3S. The molecule has 3 aromatic rings. The van der Waals surface area contributed by atoms with Crippen LogP contribution < -0.4 is 10.0 Å². The molecule has 0 saturated heterocycles. The Balaban J connectivity index is 1.72. The van der Waals surface area contributed by atoms with E-state index in [-0.39, 0.29) is 15.6 Å². The molecule has 0 bridgehead atoms. The van der Waals surface area contributed by atoms with Crippen LogP contribution in [0, 0.1) is 5.41 Å². The van der Waals surface area contributed by atoms with Gasteiger partial charge >= 0.3 is 0 Å². The first-order valence-electron chi connectivity index (χ1n) is 7.11. The summed E-state index contributed by atoms with van der Waals surface area (Å²) in [5, 5.41) is 11.0. The van der Waals surface area contributed by atoms with Crippen molar-refractivity contribution in [2.45, 2.75) is 4.90 Å². The smallest absolute Gasteiger partial charge is 0.274 e.